The van der Waals surface area contributed by atoms with Crippen LogP contribution in [0, 0.1) is 0 Å². The van der Waals surface area contributed by atoms with Gasteiger partial charge in [0.05, 0.1) is 12.4 Å². The summed E-state index contributed by atoms with van der Waals surface area (Å²) in [5.41, 5.74) is 5.87. The van der Waals surface area contributed by atoms with Gasteiger partial charge in [-0.2, -0.15) is 0 Å². The quantitative estimate of drug-likeness (QED) is 0.447. The molecule has 0 aromatic heterocycles. The van der Waals surface area contributed by atoms with Crippen LogP contribution in [-0.4, -0.2) is 22.5 Å². The second-order valence-corrected chi connectivity index (χ2v) is 4.62. The summed E-state index contributed by atoms with van der Waals surface area (Å²) in [6.45, 7) is 2.01. The summed E-state index contributed by atoms with van der Waals surface area (Å²) < 4.78 is -0.355. The van der Waals surface area contributed by atoms with Crippen LogP contribution < -0.4 is 16.2 Å². The van der Waals surface area contributed by atoms with Crippen molar-refractivity contribution in [1.82, 2.24) is 16.2 Å². The van der Waals surface area contributed by atoms with Crippen molar-refractivity contribution in [3.05, 3.63) is 0 Å². The number of nitrogens with one attached hydrogen (secondary N) is 3. The first-order chi connectivity index (χ1) is 5.12. The molecule has 1 aliphatic heterocycles. The second kappa shape index (κ2) is 3.66. The topological polar surface area (TPSA) is 53.2 Å². The SMILES string of the molecule is CC(=O)NCC1(S)NNCS1. The number of hydrazine groups is 1. The van der Waals surface area contributed by atoms with Gasteiger partial charge >= 0.3 is 0 Å². The maximum Gasteiger partial charge on any atom is 0.216 e. The number of rotatable bonds is 2. The Morgan fingerprint density at radius 2 is 2.64 bits per heavy atom. The third kappa shape index (κ3) is 2.90. The van der Waals surface area contributed by atoms with Gasteiger partial charge in [0.15, 0.2) is 0 Å². The summed E-state index contributed by atoms with van der Waals surface area (Å²) in [5.74, 6) is 0.774. The summed E-state index contributed by atoms with van der Waals surface area (Å²) in [6, 6.07) is 0. The second-order valence-electron chi connectivity index (χ2n) is 2.28. The molecule has 1 atom stereocenters. The maximum atomic E-state index is 10.5. The summed E-state index contributed by atoms with van der Waals surface area (Å²) in [4.78, 5) is 10.5. The normalized spacial score (nSPS) is 30.4. The highest BCUT2D eigenvalue weighted by Crippen LogP contribution is 2.27. The Balaban J connectivity index is 2.28. The molecule has 6 heteroatoms. The highest BCUT2D eigenvalue weighted by atomic mass is 32.2. The lowest BCUT2D eigenvalue weighted by molar-refractivity contribution is -0.119. The number of amides is 1. The molecule has 0 radical (unpaired) electrons. The maximum absolute atomic E-state index is 10.5. The summed E-state index contributed by atoms with van der Waals surface area (Å²) in [7, 11) is 0. The summed E-state index contributed by atoms with van der Waals surface area (Å²) in [5, 5.41) is 2.69. The van der Waals surface area contributed by atoms with Gasteiger partial charge in [-0.1, -0.05) is 0 Å². The standard InChI is InChI=1S/C5H11N3OS2/c1-4(9)6-2-5(10)8-7-3-11-5/h7-8,10H,2-3H2,1H3,(H,6,9). The number of hydrogen-bond donors (Lipinski definition) is 4. The molecular formula is C5H11N3OS2. The molecule has 0 aromatic rings. The molecule has 1 saturated heterocycles. The van der Waals surface area contributed by atoms with Crippen LogP contribution in [0.3, 0.4) is 0 Å². The van der Waals surface area contributed by atoms with Crippen molar-refractivity contribution in [3.63, 3.8) is 0 Å². The molecule has 0 spiro atoms. The van der Waals surface area contributed by atoms with Gasteiger partial charge in [-0.15, -0.1) is 24.4 Å². The third-order valence-electron chi connectivity index (χ3n) is 1.24. The molecular weight excluding hydrogens is 182 g/mol. The lowest BCUT2D eigenvalue weighted by atomic mass is 10.6. The van der Waals surface area contributed by atoms with E-state index in [1.165, 1.54) is 6.92 Å². The van der Waals surface area contributed by atoms with E-state index >= 15 is 0 Å². The Labute approximate surface area is 75.3 Å². The first kappa shape index (κ1) is 9.18. The van der Waals surface area contributed by atoms with Gasteiger partial charge < -0.3 is 5.32 Å². The highest BCUT2D eigenvalue weighted by Gasteiger charge is 2.29. The third-order valence-corrected chi connectivity index (χ3v) is 2.91. The molecule has 1 rings (SSSR count). The van der Waals surface area contributed by atoms with E-state index < -0.39 is 0 Å². The van der Waals surface area contributed by atoms with Crippen molar-refractivity contribution in [3.8, 4) is 0 Å². The Morgan fingerprint density at radius 3 is 3.09 bits per heavy atom. The van der Waals surface area contributed by atoms with E-state index in [4.69, 9.17) is 0 Å². The largest absolute Gasteiger partial charge is 0.353 e. The minimum Gasteiger partial charge on any atom is -0.353 e. The molecule has 1 fully saturated rings. The van der Waals surface area contributed by atoms with E-state index in [0.717, 1.165) is 5.88 Å². The number of carbonyl (C=O) groups is 1. The van der Waals surface area contributed by atoms with Gasteiger partial charge in [-0.3, -0.25) is 4.79 Å². The fraction of sp³-hybridized carbons (Fsp3) is 0.800. The van der Waals surface area contributed by atoms with E-state index in [9.17, 15) is 4.79 Å². The minimum atomic E-state index is -0.355. The van der Waals surface area contributed by atoms with E-state index in [1.54, 1.807) is 11.8 Å². The van der Waals surface area contributed by atoms with Crippen LogP contribution >= 0.6 is 24.4 Å². The van der Waals surface area contributed by atoms with E-state index in [0.29, 0.717) is 6.54 Å². The Kier molecular flexibility index (Phi) is 3.06. The van der Waals surface area contributed by atoms with Crippen molar-refractivity contribution >= 4 is 30.3 Å². The Bertz CT molecular complexity index is 158. The van der Waals surface area contributed by atoms with Crippen molar-refractivity contribution in [2.24, 2.45) is 0 Å². The molecule has 64 valence electrons. The molecule has 1 heterocycles. The van der Waals surface area contributed by atoms with E-state index in [1.807, 2.05) is 0 Å². The van der Waals surface area contributed by atoms with Crippen molar-refractivity contribution in [2.45, 2.75) is 11.1 Å². The van der Waals surface area contributed by atoms with E-state index in [-0.39, 0.29) is 10.1 Å². The zero-order chi connectivity index (χ0) is 8.32. The summed E-state index contributed by atoms with van der Waals surface area (Å²) >= 11 is 5.94. The highest BCUT2D eigenvalue weighted by molar-refractivity contribution is 8.11. The monoisotopic (exact) mass is 193 g/mol. The smallest absolute Gasteiger partial charge is 0.216 e. The van der Waals surface area contributed by atoms with Gasteiger partial charge in [-0.05, 0) is 0 Å². The molecule has 0 saturated carbocycles. The van der Waals surface area contributed by atoms with Gasteiger partial charge in [-0.25, -0.2) is 10.9 Å². The zero-order valence-corrected chi connectivity index (χ0v) is 7.89. The predicted molar refractivity (Wildman–Crippen MR) is 49.1 cm³/mol. The lowest BCUT2D eigenvalue weighted by Gasteiger charge is -2.20. The number of thiol groups is 1. The molecule has 0 bridgehead atoms. The lowest BCUT2D eigenvalue weighted by Crippen LogP contribution is -2.46. The molecule has 1 amide bonds. The fourth-order valence-corrected chi connectivity index (χ4v) is 1.76. The van der Waals surface area contributed by atoms with Crippen LogP contribution in [0.15, 0.2) is 0 Å². The Morgan fingerprint density at radius 1 is 1.91 bits per heavy atom. The fourth-order valence-electron chi connectivity index (χ4n) is 0.705. The van der Waals surface area contributed by atoms with Gasteiger partial charge in [0, 0.05) is 6.92 Å². The molecule has 11 heavy (non-hydrogen) atoms. The van der Waals surface area contributed by atoms with Gasteiger partial charge in [0.2, 0.25) is 5.91 Å². The van der Waals surface area contributed by atoms with Gasteiger partial charge in [0.25, 0.3) is 0 Å². The minimum absolute atomic E-state index is 0.0345. The van der Waals surface area contributed by atoms with Crippen molar-refractivity contribution in [1.29, 1.82) is 0 Å². The average Bonchev–Trinajstić information content (AvgIpc) is 2.33. The van der Waals surface area contributed by atoms with Crippen LogP contribution in [0.4, 0.5) is 0 Å². The molecule has 4 nitrogen and oxygen atoms in total. The molecule has 0 aromatic carbocycles. The molecule has 3 N–H and O–H groups in total. The van der Waals surface area contributed by atoms with Crippen LogP contribution in [-0.2, 0) is 4.79 Å². The predicted octanol–water partition coefficient (Wildman–Crippen LogP) is -0.495. The number of thioether (sulfide) groups is 1. The average molecular weight is 193 g/mol. The van der Waals surface area contributed by atoms with E-state index in [2.05, 4.69) is 28.8 Å². The van der Waals surface area contributed by atoms with Crippen LogP contribution in [0.25, 0.3) is 0 Å². The molecule has 1 unspecified atom stereocenters. The molecule has 1 aliphatic rings. The first-order valence-corrected chi connectivity index (χ1v) is 4.66. The van der Waals surface area contributed by atoms with Crippen LogP contribution in [0.5, 0.6) is 0 Å². The number of carbonyl (C=O) groups excluding carboxylic acids is 1. The Hall–Kier alpha value is 0.0900. The van der Waals surface area contributed by atoms with Crippen molar-refractivity contribution in [2.75, 3.05) is 12.4 Å². The van der Waals surface area contributed by atoms with Crippen LogP contribution in [0.2, 0.25) is 0 Å². The molecule has 0 aliphatic carbocycles. The zero-order valence-electron chi connectivity index (χ0n) is 6.18. The summed E-state index contributed by atoms with van der Waals surface area (Å²) in [6.07, 6.45) is 0. The van der Waals surface area contributed by atoms with Crippen molar-refractivity contribution < 1.29 is 4.79 Å². The van der Waals surface area contributed by atoms with Crippen LogP contribution in [0.1, 0.15) is 6.92 Å². The number of hydrogen-bond acceptors (Lipinski definition) is 5. The first-order valence-electron chi connectivity index (χ1n) is 3.23. The van der Waals surface area contributed by atoms with Gasteiger partial charge in [0.1, 0.15) is 4.20 Å².